The first-order valence-corrected chi connectivity index (χ1v) is 5.87. The van der Waals surface area contributed by atoms with Gasteiger partial charge in [-0.05, 0) is 23.6 Å². The first kappa shape index (κ1) is 13.6. The number of rotatable bonds is 3. The average Bonchev–Trinajstić information content (AvgIpc) is 2.27. The molecule has 0 fully saturated rings. The van der Waals surface area contributed by atoms with Gasteiger partial charge in [-0.25, -0.2) is 0 Å². The molecule has 0 saturated heterocycles. The summed E-state index contributed by atoms with van der Waals surface area (Å²) >= 11 is 0. The highest BCUT2D eigenvalue weighted by Crippen LogP contribution is 2.33. The van der Waals surface area contributed by atoms with Crippen LogP contribution in [0.15, 0.2) is 18.2 Å². The fourth-order valence-corrected chi connectivity index (χ4v) is 1.62. The van der Waals surface area contributed by atoms with Crippen LogP contribution < -0.4 is 10.1 Å². The predicted molar refractivity (Wildman–Crippen MR) is 70.6 cm³/mol. The molecule has 0 spiro atoms. The zero-order valence-electron chi connectivity index (χ0n) is 11.3. The summed E-state index contributed by atoms with van der Waals surface area (Å²) in [6, 6.07) is 5.74. The van der Waals surface area contributed by atoms with Crippen molar-refractivity contribution in [2.24, 2.45) is 0 Å². The van der Waals surface area contributed by atoms with Gasteiger partial charge in [0, 0.05) is 17.7 Å². The molecule has 1 aromatic rings. The number of anilines is 1. The van der Waals surface area contributed by atoms with Crippen molar-refractivity contribution in [3.05, 3.63) is 23.8 Å². The SMILES string of the molecule is CCC(=O)Nc1ccc(OC)c(C(C)(C)C)c1. The summed E-state index contributed by atoms with van der Waals surface area (Å²) in [7, 11) is 1.66. The molecule has 0 radical (unpaired) electrons. The molecule has 94 valence electrons. The Morgan fingerprint density at radius 2 is 2.00 bits per heavy atom. The Kier molecular flexibility index (Phi) is 4.16. The highest BCUT2D eigenvalue weighted by atomic mass is 16.5. The van der Waals surface area contributed by atoms with E-state index in [-0.39, 0.29) is 11.3 Å². The van der Waals surface area contributed by atoms with Crippen molar-refractivity contribution >= 4 is 11.6 Å². The number of carbonyl (C=O) groups is 1. The van der Waals surface area contributed by atoms with Gasteiger partial charge in [0.15, 0.2) is 0 Å². The van der Waals surface area contributed by atoms with E-state index in [0.717, 1.165) is 17.0 Å². The van der Waals surface area contributed by atoms with Crippen molar-refractivity contribution in [3.8, 4) is 5.75 Å². The molecule has 1 rings (SSSR count). The van der Waals surface area contributed by atoms with Crippen LogP contribution in [0.1, 0.15) is 39.7 Å². The number of hydrogen-bond acceptors (Lipinski definition) is 2. The van der Waals surface area contributed by atoms with Crippen LogP contribution >= 0.6 is 0 Å². The van der Waals surface area contributed by atoms with E-state index >= 15 is 0 Å². The molecule has 0 aliphatic heterocycles. The topological polar surface area (TPSA) is 38.3 Å². The van der Waals surface area contributed by atoms with Gasteiger partial charge in [-0.15, -0.1) is 0 Å². The van der Waals surface area contributed by atoms with Crippen LogP contribution in [-0.2, 0) is 10.2 Å². The van der Waals surface area contributed by atoms with Gasteiger partial charge in [-0.2, -0.15) is 0 Å². The van der Waals surface area contributed by atoms with Crippen LogP contribution in [0.5, 0.6) is 5.75 Å². The normalized spacial score (nSPS) is 11.1. The minimum Gasteiger partial charge on any atom is -0.496 e. The van der Waals surface area contributed by atoms with Crippen LogP contribution in [0.25, 0.3) is 0 Å². The van der Waals surface area contributed by atoms with Crippen molar-refractivity contribution in [1.29, 1.82) is 0 Å². The molecule has 0 atom stereocenters. The largest absolute Gasteiger partial charge is 0.496 e. The molecule has 0 saturated carbocycles. The maximum Gasteiger partial charge on any atom is 0.224 e. The van der Waals surface area contributed by atoms with Crippen molar-refractivity contribution in [3.63, 3.8) is 0 Å². The van der Waals surface area contributed by atoms with Crippen LogP contribution in [-0.4, -0.2) is 13.0 Å². The van der Waals surface area contributed by atoms with E-state index in [0.29, 0.717) is 6.42 Å². The molecule has 0 bridgehead atoms. The number of benzene rings is 1. The van der Waals surface area contributed by atoms with E-state index in [9.17, 15) is 4.79 Å². The van der Waals surface area contributed by atoms with Gasteiger partial charge in [-0.1, -0.05) is 27.7 Å². The molecule has 1 aromatic carbocycles. The van der Waals surface area contributed by atoms with Gasteiger partial charge in [0.05, 0.1) is 7.11 Å². The zero-order chi connectivity index (χ0) is 13.1. The molecule has 0 aliphatic carbocycles. The minimum absolute atomic E-state index is 0.0156. The zero-order valence-corrected chi connectivity index (χ0v) is 11.3. The van der Waals surface area contributed by atoms with Crippen LogP contribution in [0.2, 0.25) is 0 Å². The summed E-state index contributed by atoms with van der Waals surface area (Å²) in [5.74, 6) is 0.877. The molecule has 1 N–H and O–H groups in total. The molecule has 0 aliphatic rings. The average molecular weight is 235 g/mol. The van der Waals surface area contributed by atoms with Gasteiger partial charge < -0.3 is 10.1 Å². The quantitative estimate of drug-likeness (QED) is 0.872. The van der Waals surface area contributed by atoms with Gasteiger partial charge in [0.1, 0.15) is 5.75 Å². The summed E-state index contributed by atoms with van der Waals surface area (Å²) < 4.78 is 5.35. The maximum absolute atomic E-state index is 11.4. The Labute approximate surface area is 103 Å². The van der Waals surface area contributed by atoms with Gasteiger partial charge in [0.25, 0.3) is 0 Å². The number of nitrogens with one attached hydrogen (secondary N) is 1. The second kappa shape index (κ2) is 5.21. The highest BCUT2D eigenvalue weighted by Gasteiger charge is 2.19. The maximum atomic E-state index is 11.4. The molecular weight excluding hydrogens is 214 g/mol. The summed E-state index contributed by atoms with van der Waals surface area (Å²) in [5.41, 5.74) is 1.90. The summed E-state index contributed by atoms with van der Waals surface area (Å²) in [4.78, 5) is 11.4. The Morgan fingerprint density at radius 3 is 2.47 bits per heavy atom. The van der Waals surface area contributed by atoms with Gasteiger partial charge in [-0.3, -0.25) is 4.79 Å². The van der Waals surface area contributed by atoms with Crippen molar-refractivity contribution in [2.75, 3.05) is 12.4 Å². The monoisotopic (exact) mass is 235 g/mol. The lowest BCUT2D eigenvalue weighted by Crippen LogP contribution is -2.15. The third kappa shape index (κ3) is 3.48. The fraction of sp³-hybridized carbons (Fsp3) is 0.500. The third-order valence-corrected chi connectivity index (χ3v) is 2.61. The molecule has 3 nitrogen and oxygen atoms in total. The molecule has 1 amide bonds. The number of ether oxygens (including phenoxy) is 1. The predicted octanol–water partition coefficient (Wildman–Crippen LogP) is 3.34. The Morgan fingerprint density at radius 1 is 1.35 bits per heavy atom. The van der Waals surface area contributed by atoms with E-state index in [1.165, 1.54) is 0 Å². The fourth-order valence-electron chi connectivity index (χ4n) is 1.62. The smallest absolute Gasteiger partial charge is 0.224 e. The molecule has 0 heterocycles. The molecular formula is C14H21NO2. The molecule has 3 heteroatoms. The lowest BCUT2D eigenvalue weighted by atomic mass is 9.86. The molecule has 0 aromatic heterocycles. The lowest BCUT2D eigenvalue weighted by Gasteiger charge is -2.23. The van der Waals surface area contributed by atoms with Crippen LogP contribution in [0, 0.1) is 0 Å². The summed E-state index contributed by atoms with van der Waals surface area (Å²) in [6.07, 6.45) is 0.483. The number of hydrogen-bond donors (Lipinski definition) is 1. The second-order valence-corrected chi connectivity index (χ2v) is 5.07. The number of carbonyl (C=O) groups excluding carboxylic acids is 1. The number of methoxy groups -OCH3 is 1. The van der Waals surface area contributed by atoms with Crippen LogP contribution in [0.4, 0.5) is 5.69 Å². The van der Waals surface area contributed by atoms with Crippen molar-refractivity contribution < 1.29 is 9.53 Å². The van der Waals surface area contributed by atoms with Gasteiger partial charge >= 0.3 is 0 Å². The van der Waals surface area contributed by atoms with Crippen LogP contribution in [0.3, 0.4) is 0 Å². The Hall–Kier alpha value is -1.51. The standard InChI is InChI=1S/C14H21NO2/c1-6-13(16)15-10-7-8-12(17-5)11(9-10)14(2,3)4/h7-9H,6H2,1-5H3,(H,15,16). The van der Waals surface area contributed by atoms with E-state index in [2.05, 4.69) is 26.1 Å². The first-order valence-electron chi connectivity index (χ1n) is 5.87. The molecule has 17 heavy (non-hydrogen) atoms. The van der Waals surface area contributed by atoms with E-state index in [4.69, 9.17) is 4.74 Å². The lowest BCUT2D eigenvalue weighted by molar-refractivity contribution is -0.115. The Bertz CT molecular complexity index is 405. The van der Waals surface area contributed by atoms with Crippen molar-refractivity contribution in [2.45, 2.75) is 39.5 Å². The summed E-state index contributed by atoms with van der Waals surface area (Å²) in [6.45, 7) is 8.20. The van der Waals surface area contributed by atoms with Crippen molar-refractivity contribution in [1.82, 2.24) is 0 Å². The molecule has 0 unspecified atom stereocenters. The van der Waals surface area contributed by atoms with E-state index in [1.54, 1.807) is 7.11 Å². The second-order valence-electron chi connectivity index (χ2n) is 5.07. The minimum atomic E-state index is -0.0156. The highest BCUT2D eigenvalue weighted by molar-refractivity contribution is 5.90. The van der Waals surface area contributed by atoms with Gasteiger partial charge in [0.2, 0.25) is 5.91 Å². The first-order chi connectivity index (χ1) is 7.88. The Balaban J connectivity index is 3.09. The van der Waals surface area contributed by atoms with E-state index in [1.807, 2.05) is 25.1 Å². The summed E-state index contributed by atoms with van der Waals surface area (Å²) in [5, 5.41) is 2.86. The third-order valence-electron chi connectivity index (χ3n) is 2.61. The number of amides is 1. The van der Waals surface area contributed by atoms with E-state index < -0.39 is 0 Å².